The molecule has 19 heteroatoms. The second-order valence-corrected chi connectivity index (χ2v) is 35.1. The zero-order valence-corrected chi connectivity index (χ0v) is 71.5. The van der Waals surface area contributed by atoms with Crippen molar-refractivity contribution >= 4 is 39.5 Å². The van der Waals surface area contributed by atoms with Gasteiger partial charge in [0.05, 0.1) is 26.4 Å². The van der Waals surface area contributed by atoms with Gasteiger partial charge in [-0.1, -0.05) is 414 Å². The van der Waals surface area contributed by atoms with Crippen LogP contribution in [-0.2, 0) is 65.4 Å². The third kappa shape index (κ3) is 80.1. The molecular weight excluding hydrogens is 1380 g/mol. The summed E-state index contributed by atoms with van der Waals surface area (Å²) in [5, 5.41) is 10.7. The highest BCUT2D eigenvalue weighted by atomic mass is 31.2. The van der Waals surface area contributed by atoms with Crippen LogP contribution in [0.25, 0.3) is 0 Å². The summed E-state index contributed by atoms with van der Waals surface area (Å²) in [6.07, 6.45) is 70.9. The average Bonchev–Trinajstić information content (AvgIpc) is 0.904. The van der Waals surface area contributed by atoms with Crippen LogP contribution < -0.4 is 0 Å². The number of carbonyl (C=O) groups is 4. The molecule has 3 N–H and O–H groups in total. The molecule has 5 atom stereocenters. The van der Waals surface area contributed by atoms with Crippen molar-refractivity contribution in [2.75, 3.05) is 39.6 Å². The number of aliphatic hydroxyl groups excluding tert-OH is 1. The summed E-state index contributed by atoms with van der Waals surface area (Å²) in [5.74, 6) is -0.589. The number of carbonyl (C=O) groups excluding carboxylic acids is 4. The Balaban J connectivity index is 5.23. The number of rotatable bonds is 86. The molecular formula is C87H170O17P2. The Morgan fingerprint density at radius 3 is 0.642 bits per heavy atom. The van der Waals surface area contributed by atoms with E-state index < -0.39 is 97.5 Å². The molecule has 0 amide bonds. The van der Waals surface area contributed by atoms with E-state index in [-0.39, 0.29) is 25.7 Å². The highest BCUT2D eigenvalue weighted by molar-refractivity contribution is 7.47. The molecule has 0 spiro atoms. The molecule has 0 aliphatic rings. The van der Waals surface area contributed by atoms with Gasteiger partial charge in [0.25, 0.3) is 0 Å². The summed E-state index contributed by atoms with van der Waals surface area (Å²) >= 11 is 0. The maximum atomic E-state index is 13.2. The Kier molecular flexibility index (Phi) is 76.9. The second-order valence-electron chi connectivity index (χ2n) is 32.2. The molecule has 0 rings (SSSR count). The lowest BCUT2D eigenvalue weighted by Crippen LogP contribution is -2.30. The first-order chi connectivity index (χ1) is 51.4. The van der Waals surface area contributed by atoms with Crippen LogP contribution in [0.3, 0.4) is 0 Å². The van der Waals surface area contributed by atoms with E-state index in [4.69, 9.17) is 37.0 Å². The highest BCUT2D eigenvalue weighted by Crippen LogP contribution is 2.45. The van der Waals surface area contributed by atoms with Gasteiger partial charge in [0, 0.05) is 25.7 Å². The Bertz CT molecular complexity index is 2030. The van der Waals surface area contributed by atoms with Gasteiger partial charge in [-0.05, 0) is 37.5 Å². The maximum absolute atomic E-state index is 13.2. The van der Waals surface area contributed by atoms with Crippen molar-refractivity contribution in [3.8, 4) is 0 Å². The first-order valence-corrected chi connectivity index (χ1v) is 48.0. The Morgan fingerprint density at radius 1 is 0.255 bits per heavy atom. The Labute approximate surface area is 651 Å². The minimum Gasteiger partial charge on any atom is -0.462 e. The van der Waals surface area contributed by atoms with E-state index in [2.05, 4.69) is 41.5 Å². The predicted octanol–water partition coefficient (Wildman–Crippen LogP) is 26.6. The van der Waals surface area contributed by atoms with Gasteiger partial charge < -0.3 is 33.8 Å². The van der Waals surface area contributed by atoms with Crippen molar-refractivity contribution in [2.45, 2.75) is 484 Å². The first kappa shape index (κ1) is 104. The molecule has 0 aliphatic heterocycles. The summed E-state index contributed by atoms with van der Waals surface area (Å²) < 4.78 is 68.9. The zero-order valence-electron chi connectivity index (χ0n) is 69.7. The van der Waals surface area contributed by atoms with Crippen LogP contribution in [0.15, 0.2) is 0 Å². The molecule has 0 aromatic heterocycles. The van der Waals surface area contributed by atoms with Crippen molar-refractivity contribution in [3.63, 3.8) is 0 Å². The standard InChI is InChI=1S/C87H170O17P2/c1-7-9-11-13-15-17-19-21-23-25-26-27-28-29-31-33-37-41-45-53-59-65-71-86(91)103-82(75-97-84(89)69-63-57-51-44-40-36-32-30-24-22-20-18-16-14-12-10-8-2)77-101-105(93,94)99-73-81(88)74-100-106(95,96)102-78-83(76-98-85(90)70-64-58-52-48-47-50-56-62-68-80(5)6)104-87(92)72-66-60-54-46-42-38-34-35-39-43-49-55-61-67-79(3)4/h79-83,88H,7-78H2,1-6H3,(H,93,94)(H,95,96)/t81-,82-,83-/m1/s1. The number of esters is 4. The van der Waals surface area contributed by atoms with Crippen LogP contribution in [0.1, 0.15) is 465 Å². The largest absolute Gasteiger partial charge is 0.472 e. The third-order valence-electron chi connectivity index (χ3n) is 20.5. The summed E-state index contributed by atoms with van der Waals surface area (Å²) in [5.41, 5.74) is 0. The molecule has 0 saturated heterocycles. The molecule has 17 nitrogen and oxygen atoms in total. The summed E-state index contributed by atoms with van der Waals surface area (Å²) in [7, 11) is -9.93. The van der Waals surface area contributed by atoms with E-state index in [1.807, 2.05) is 0 Å². The SMILES string of the molecule is CCCCCCCCCCCCCCCCCCCCCCCCC(=O)O[C@H](COC(=O)CCCCCCCCCCCCCCCCCCC)COP(=O)(O)OC[C@@H](O)COP(=O)(O)OC[C@@H](COC(=O)CCCCCCCCCCC(C)C)OC(=O)CCCCCCCCCCCCCCCC(C)C. The number of phosphoric acid groups is 2. The number of aliphatic hydroxyl groups is 1. The smallest absolute Gasteiger partial charge is 0.462 e. The van der Waals surface area contributed by atoms with Gasteiger partial charge in [-0.25, -0.2) is 9.13 Å². The van der Waals surface area contributed by atoms with Gasteiger partial charge >= 0.3 is 39.5 Å². The fourth-order valence-electron chi connectivity index (χ4n) is 13.6. The van der Waals surface area contributed by atoms with Gasteiger partial charge in [-0.15, -0.1) is 0 Å². The van der Waals surface area contributed by atoms with Crippen molar-refractivity contribution < 1.29 is 80.2 Å². The molecule has 0 radical (unpaired) electrons. The predicted molar refractivity (Wildman–Crippen MR) is 437 cm³/mol. The lowest BCUT2D eigenvalue weighted by molar-refractivity contribution is -0.161. The van der Waals surface area contributed by atoms with E-state index >= 15 is 0 Å². The average molecular weight is 1550 g/mol. The van der Waals surface area contributed by atoms with Gasteiger partial charge in [0.2, 0.25) is 0 Å². The Morgan fingerprint density at radius 2 is 0.434 bits per heavy atom. The number of hydrogen-bond donors (Lipinski definition) is 3. The first-order valence-electron chi connectivity index (χ1n) is 45.0. The van der Waals surface area contributed by atoms with Crippen molar-refractivity contribution in [1.82, 2.24) is 0 Å². The molecule has 630 valence electrons. The molecule has 0 bridgehead atoms. The molecule has 0 aliphatic carbocycles. The number of hydrogen-bond acceptors (Lipinski definition) is 15. The highest BCUT2D eigenvalue weighted by Gasteiger charge is 2.30. The minimum absolute atomic E-state index is 0.107. The van der Waals surface area contributed by atoms with Crippen LogP contribution in [-0.4, -0.2) is 96.7 Å². The summed E-state index contributed by atoms with van der Waals surface area (Å²) in [4.78, 5) is 73.3. The van der Waals surface area contributed by atoms with Gasteiger partial charge in [-0.2, -0.15) is 0 Å². The molecule has 0 saturated carbocycles. The summed E-state index contributed by atoms with van der Waals surface area (Å²) in [6, 6.07) is 0. The lowest BCUT2D eigenvalue weighted by atomic mass is 10.0. The molecule has 0 aromatic carbocycles. The minimum atomic E-state index is -4.97. The van der Waals surface area contributed by atoms with Gasteiger partial charge in [0.15, 0.2) is 12.2 Å². The maximum Gasteiger partial charge on any atom is 0.472 e. The quantitative estimate of drug-likeness (QED) is 0.0222. The van der Waals surface area contributed by atoms with Crippen LogP contribution in [0.5, 0.6) is 0 Å². The molecule has 0 heterocycles. The van der Waals surface area contributed by atoms with Crippen molar-refractivity contribution in [1.29, 1.82) is 0 Å². The third-order valence-corrected chi connectivity index (χ3v) is 22.4. The van der Waals surface area contributed by atoms with Gasteiger partial charge in [0.1, 0.15) is 19.3 Å². The topological polar surface area (TPSA) is 237 Å². The van der Waals surface area contributed by atoms with Crippen LogP contribution >= 0.6 is 15.6 Å². The fraction of sp³-hybridized carbons (Fsp3) is 0.954. The molecule has 106 heavy (non-hydrogen) atoms. The molecule has 0 fully saturated rings. The van der Waals surface area contributed by atoms with Gasteiger partial charge in [-0.3, -0.25) is 37.3 Å². The van der Waals surface area contributed by atoms with E-state index in [9.17, 15) is 43.2 Å². The number of unbranched alkanes of at least 4 members (excludes halogenated alkanes) is 56. The van der Waals surface area contributed by atoms with E-state index in [0.717, 1.165) is 102 Å². The normalized spacial score (nSPS) is 13.8. The molecule has 0 aromatic rings. The van der Waals surface area contributed by atoms with Crippen LogP contribution in [0.4, 0.5) is 0 Å². The van der Waals surface area contributed by atoms with E-state index in [1.165, 1.54) is 283 Å². The second kappa shape index (κ2) is 78.3. The monoisotopic (exact) mass is 1550 g/mol. The summed E-state index contributed by atoms with van der Waals surface area (Å²) in [6.45, 7) is 9.66. The Hall–Kier alpha value is -1.94. The lowest BCUT2D eigenvalue weighted by Gasteiger charge is -2.21. The van der Waals surface area contributed by atoms with Crippen LogP contribution in [0, 0.1) is 11.8 Å². The van der Waals surface area contributed by atoms with E-state index in [0.29, 0.717) is 25.7 Å². The fourth-order valence-corrected chi connectivity index (χ4v) is 15.2. The number of phosphoric ester groups is 2. The van der Waals surface area contributed by atoms with Crippen molar-refractivity contribution in [3.05, 3.63) is 0 Å². The van der Waals surface area contributed by atoms with E-state index in [1.54, 1.807) is 0 Å². The van der Waals surface area contributed by atoms with Crippen molar-refractivity contribution in [2.24, 2.45) is 11.8 Å². The van der Waals surface area contributed by atoms with Crippen LogP contribution in [0.2, 0.25) is 0 Å². The number of ether oxygens (including phenoxy) is 4. The molecule has 2 unspecified atom stereocenters. The zero-order chi connectivity index (χ0) is 77.8.